The highest BCUT2D eigenvalue weighted by Crippen LogP contribution is 2.28. The quantitative estimate of drug-likeness (QED) is 0.257. The Morgan fingerprint density at radius 2 is 1.62 bits per heavy atom. The molecule has 0 radical (unpaired) electrons. The number of hydrogen-bond acceptors (Lipinski definition) is 2. The molecule has 0 fully saturated rings. The first-order valence-corrected chi connectivity index (χ1v) is 10.6. The van der Waals surface area contributed by atoms with E-state index in [1.165, 1.54) is 38.8 Å². The summed E-state index contributed by atoms with van der Waals surface area (Å²) < 4.78 is 4.46. The minimum Gasteiger partial charge on any atom is -1.00 e. The van der Waals surface area contributed by atoms with Gasteiger partial charge in [-0.1, -0.05) is 42.5 Å². The smallest absolute Gasteiger partial charge is 0.296 e. The normalized spacial score (nSPS) is 11.8. The number of hydrogen-bond donors (Lipinski definition) is 0. The van der Waals surface area contributed by atoms with E-state index >= 15 is 0 Å². The van der Waals surface area contributed by atoms with Crippen LogP contribution in [-0.4, -0.2) is 23.5 Å². The van der Waals surface area contributed by atoms with Gasteiger partial charge < -0.3 is 33.3 Å². The summed E-state index contributed by atoms with van der Waals surface area (Å²) in [6, 6.07) is 21.5. The van der Waals surface area contributed by atoms with Gasteiger partial charge in [0, 0.05) is 44.5 Å². The van der Waals surface area contributed by atoms with Crippen LogP contribution >= 0.6 is 0 Å². The third-order valence-electron chi connectivity index (χ3n) is 6.23. The average Bonchev–Trinajstić information content (AvgIpc) is 3.22. The van der Waals surface area contributed by atoms with Crippen molar-refractivity contribution in [3.63, 3.8) is 0 Å². The van der Waals surface area contributed by atoms with E-state index in [0.717, 1.165) is 16.9 Å². The highest BCUT2D eigenvalue weighted by Gasteiger charge is 2.22. The van der Waals surface area contributed by atoms with Gasteiger partial charge in [-0.15, -0.1) is 0 Å². The van der Waals surface area contributed by atoms with Crippen molar-refractivity contribution in [2.24, 2.45) is 7.05 Å². The number of anilines is 1. The molecular formula is C27H27IN4. The molecule has 0 unspecified atom stereocenters. The summed E-state index contributed by atoms with van der Waals surface area (Å²) in [7, 11) is 6.21. The van der Waals surface area contributed by atoms with Crippen molar-refractivity contribution in [3.8, 4) is 11.1 Å². The minimum absolute atomic E-state index is 0. The van der Waals surface area contributed by atoms with Crippen LogP contribution < -0.4 is 38.8 Å². The lowest BCUT2D eigenvalue weighted by Gasteiger charge is -2.11. The van der Waals surface area contributed by atoms with Gasteiger partial charge in [-0.25, -0.2) is 4.57 Å². The van der Waals surface area contributed by atoms with Gasteiger partial charge in [0.25, 0.3) is 5.82 Å². The standard InChI is InChI=1S/C27H27N4.HI/c1-18-25(21-9-7-6-8-10-21)24(17-20-11-13-22(14-12-20)29(3)4)31-16-15-23-26(27(18)31)28-19(2)30(23)5;/h6-17H,1-5H3;1H/q+1;/p-1. The molecule has 4 nitrogen and oxygen atoms in total. The molecule has 0 bridgehead atoms. The Balaban J connectivity index is 0.00000245. The maximum atomic E-state index is 4.91. The second-order valence-electron chi connectivity index (χ2n) is 8.37. The van der Waals surface area contributed by atoms with E-state index in [9.17, 15) is 0 Å². The van der Waals surface area contributed by atoms with Crippen LogP contribution in [0.3, 0.4) is 0 Å². The molecule has 0 saturated carbocycles. The fourth-order valence-corrected chi connectivity index (χ4v) is 4.45. The average molecular weight is 534 g/mol. The van der Waals surface area contributed by atoms with Crippen molar-refractivity contribution >= 4 is 28.3 Å². The van der Waals surface area contributed by atoms with Crippen molar-refractivity contribution in [2.75, 3.05) is 19.0 Å². The van der Waals surface area contributed by atoms with Crippen LogP contribution in [0.2, 0.25) is 0 Å². The number of imidazole rings is 1. The molecule has 0 amide bonds. The molecule has 0 saturated heterocycles. The Hall–Kier alpha value is -2.93. The first-order valence-electron chi connectivity index (χ1n) is 10.6. The number of halogens is 1. The summed E-state index contributed by atoms with van der Waals surface area (Å²) in [5.41, 5.74) is 9.50. The fraction of sp³-hybridized carbons (Fsp3) is 0.185. The van der Waals surface area contributed by atoms with Gasteiger partial charge >= 0.3 is 0 Å². The van der Waals surface area contributed by atoms with Crippen LogP contribution in [0.5, 0.6) is 0 Å². The lowest BCUT2D eigenvalue weighted by atomic mass is 10.0. The number of rotatable bonds is 3. The Morgan fingerprint density at radius 1 is 0.938 bits per heavy atom. The molecule has 0 N–H and O–H groups in total. The monoisotopic (exact) mass is 534 g/mol. The SMILES string of the molecule is Cc1c(-c2ccccc2)/c(=C/c2ccc(N(C)C)cc2)n2ccc3c(nc(C)[n+]3C)c12.[I-]. The number of aryl methyl sites for hydroxylation is 3. The van der Waals surface area contributed by atoms with Crippen molar-refractivity contribution in [2.45, 2.75) is 13.8 Å². The molecule has 0 aliphatic carbocycles. The Labute approximate surface area is 205 Å². The molecule has 3 heterocycles. The molecule has 2 aromatic carbocycles. The number of benzene rings is 2. The van der Waals surface area contributed by atoms with E-state index in [2.05, 4.69) is 122 Å². The lowest BCUT2D eigenvalue weighted by molar-refractivity contribution is -0.651. The molecule has 162 valence electrons. The van der Waals surface area contributed by atoms with E-state index < -0.39 is 0 Å². The lowest BCUT2D eigenvalue weighted by Crippen LogP contribution is -3.00. The van der Waals surface area contributed by atoms with E-state index in [4.69, 9.17) is 4.98 Å². The predicted molar refractivity (Wildman–Crippen MR) is 128 cm³/mol. The zero-order chi connectivity index (χ0) is 21.7. The van der Waals surface area contributed by atoms with Crippen molar-refractivity contribution in [1.29, 1.82) is 0 Å². The first-order chi connectivity index (χ1) is 15.0. The zero-order valence-corrected chi connectivity index (χ0v) is 21.3. The Morgan fingerprint density at radius 3 is 2.28 bits per heavy atom. The summed E-state index contributed by atoms with van der Waals surface area (Å²) >= 11 is 0. The van der Waals surface area contributed by atoms with Gasteiger partial charge in [-0.2, -0.15) is 0 Å². The van der Waals surface area contributed by atoms with Gasteiger partial charge in [0.15, 0.2) is 5.52 Å². The summed E-state index contributed by atoms with van der Waals surface area (Å²) in [5.74, 6) is 1.02. The molecule has 5 heteroatoms. The molecule has 0 atom stereocenters. The van der Waals surface area contributed by atoms with E-state index in [1.54, 1.807) is 0 Å². The van der Waals surface area contributed by atoms with Gasteiger partial charge in [-0.3, -0.25) is 0 Å². The summed E-state index contributed by atoms with van der Waals surface area (Å²) in [6.45, 7) is 4.28. The summed E-state index contributed by atoms with van der Waals surface area (Å²) in [6.07, 6.45) is 4.46. The van der Waals surface area contributed by atoms with Crippen LogP contribution in [0.4, 0.5) is 5.69 Å². The molecule has 0 aliphatic rings. The summed E-state index contributed by atoms with van der Waals surface area (Å²) in [4.78, 5) is 7.03. The van der Waals surface area contributed by atoms with Crippen LogP contribution in [0.15, 0.2) is 66.9 Å². The van der Waals surface area contributed by atoms with Crippen molar-refractivity contribution < 1.29 is 28.5 Å². The van der Waals surface area contributed by atoms with Crippen LogP contribution in [0.25, 0.3) is 33.8 Å². The van der Waals surface area contributed by atoms with Gasteiger partial charge in [-0.05, 0) is 46.8 Å². The predicted octanol–water partition coefficient (Wildman–Crippen LogP) is 1.21. The first kappa shape index (κ1) is 22.3. The molecule has 3 aromatic heterocycles. The molecule has 5 aromatic rings. The van der Waals surface area contributed by atoms with Gasteiger partial charge in [0.2, 0.25) is 5.52 Å². The minimum atomic E-state index is 0. The second-order valence-corrected chi connectivity index (χ2v) is 8.37. The Bertz CT molecular complexity index is 1470. The Kier molecular flexibility index (Phi) is 5.95. The zero-order valence-electron chi connectivity index (χ0n) is 19.1. The number of fused-ring (bicyclic) bond motifs is 3. The second kappa shape index (κ2) is 8.54. The third-order valence-corrected chi connectivity index (χ3v) is 6.23. The molecule has 0 aliphatic heterocycles. The largest absolute Gasteiger partial charge is 1.00 e. The number of pyridine rings is 1. The number of aromatic nitrogens is 3. The maximum Gasteiger partial charge on any atom is 0.296 e. The molecule has 32 heavy (non-hydrogen) atoms. The van der Waals surface area contributed by atoms with Crippen LogP contribution in [0.1, 0.15) is 17.0 Å². The fourth-order valence-electron chi connectivity index (χ4n) is 4.45. The van der Waals surface area contributed by atoms with Crippen molar-refractivity contribution in [3.05, 3.63) is 89.2 Å². The highest BCUT2D eigenvalue weighted by molar-refractivity contribution is 5.95. The van der Waals surface area contributed by atoms with E-state index in [1.807, 2.05) is 0 Å². The molecule has 5 rings (SSSR count). The van der Waals surface area contributed by atoms with Crippen LogP contribution in [0, 0.1) is 13.8 Å². The van der Waals surface area contributed by atoms with E-state index in [-0.39, 0.29) is 24.0 Å². The van der Waals surface area contributed by atoms with Crippen molar-refractivity contribution in [1.82, 2.24) is 9.38 Å². The van der Waals surface area contributed by atoms with Crippen LogP contribution in [-0.2, 0) is 7.05 Å². The highest BCUT2D eigenvalue weighted by atomic mass is 127. The number of nitrogens with zero attached hydrogens (tertiary/aromatic N) is 4. The van der Waals surface area contributed by atoms with Gasteiger partial charge in [0.1, 0.15) is 5.52 Å². The summed E-state index contributed by atoms with van der Waals surface area (Å²) in [5, 5.41) is 1.18. The molecular weight excluding hydrogens is 507 g/mol. The molecule has 0 spiro atoms. The topological polar surface area (TPSA) is 24.4 Å². The van der Waals surface area contributed by atoms with Gasteiger partial charge in [0.05, 0.1) is 12.4 Å². The van der Waals surface area contributed by atoms with E-state index in [0.29, 0.717) is 0 Å². The third kappa shape index (κ3) is 3.54. The maximum absolute atomic E-state index is 4.91.